The number of hydrogen-bond donors (Lipinski definition) is 1. The number of aryl methyl sites for hydroxylation is 1. The maximum atomic E-state index is 9.87. The molecule has 6 nitrogen and oxygen atoms in total. The van der Waals surface area contributed by atoms with Gasteiger partial charge in [0.2, 0.25) is 0 Å². The van der Waals surface area contributed by atoms with Gasteiger partial charge in [0.15, 0.2) is 5.76 Å². The first-order valence-electron chi connectivity index (χ1n) is 8.12. The predicted octanol–water partition coefficient (Wildman–Crippen LogP) is 2.17. The lowest BCUT2D eigenvalue weighted by molar-refractivity contribution is 0.0988. The van der Waals surface area contributed by atoms with Gasteiger partial charge < -0.3 is 9.63 Å². The molecule has 4 rings (SSSR count). The zero-order valence-electron chi connectivity index (χ0n) is 13.6. The summed E-state index contributed by atoms with van der Waals surface area (Å²) in [5.41, 5.74) is 4.26. The molecular formula is C18H20N4O2. The normalized spacial score (nSPS) is 17.8. The number of benzene rings is 1. The summed E-state index contributed by atoms with van der Waals surface area (Å²) in [5.74, 6) is 0.798. The van der Waals surface area contributed by atoms with Gasteiger partial charge in [-0.25, -0.2) is 0 Å². The molecule has 24 heavy (non-hydrogen) atoms. The molecule has 1 aromatic carbocycles. The highest BCUT2D eigenvalue weighted by molar-refractivity contribution is 5.56. The molecule has 6 heteroatoms. The Kier molecular flexibility index (Phi) is 3.92. The maximum Gasteiger partial charge on any atom is 0.151 e. The summed E-state index contributed by atoms with van der Waals surface area (Å²) >= 11 is 0. The lowest BCUT2D eigenvalue weighted by Crippen LogP contribution is -2.36. The highest BCUT2D eigenvalue weighted by Gasteiger charge is 2.27. The van der Waals surface area contributed by atoms with Gasteiger partial charge in [-0.05, 0) is 17.5 Å². The van der Waals surface area contributed by atoms with E-state index in [1.165, 1.54) is 11.1 Å². The van der Waals surface area contributed by atoms with Gasteiger partial charge in [-0.3, -0.25) is 9.58 Å². The van der Waals surface area contributed by atoms with Crippen LogP contribution in [0.15, 0.2) is 47.2 Å². The Balaban J connectivity index is 1.54. The van der Waals surface area contributed by atoms with Crippen molar-refractivity contribution in [2.75, 3.05) is 13.2 Å². The molecule has 0 saturated carbocycles. The van der Waals surface area contributed by atoms with Crippen molar-refractivity contribution < 1.29 is 9.63 Å². The van der Waals surface area contributed by atoms with E-state index in [9.17, 15) is 5.11 Å². The van der Waals surface area contributed by atoms with E-state index in [1.807, 2.05) is 25.4 Å². The van der Waals surface area contributed by atoms with Crippen molar-refractivity contribution in [1.82, 2.24) is 19.8 Å². The zero-order chi connectivity index (χ0) is 16.5. The van der Waals surface area contributed by atoms with Crippen molar-refractivity contribution in [3.63, 3.8) is 0 Å². The summed E-state index contributed by atoms with van der Waals surface area (Å²) in [6.07, 6.45) is 4.67. The molecule has 3 heterocycles. The van der Waals surface area contributed by atoms with E-state index in [0.717, 1.165) is 30.0 Å². The van der Waals surface area contributed by atoms with Crippen LogP contribution in [0.3, 0.4) is 0 Å². The van der Waals surface area contributed by atoms with Crippen molar-refractivity contribution in [2.45, 2.75) is 19.0 Å². The van der Waals surface area contributed by atoms with E-state index >= 15 is 0 Å². The first kappa shape index (κ1) is 15.1. The van der Waals surface area contributed by atoms with Crippen LogP contribution in [-0.2, 0) is 20.0 Å². The Morgan fingerprint density at radius 2 is 2.21 bits per heavy atom. The standard InChI is InChI=1S/C18H20N4O2/c1-21-10-14(9-19-21)17-8-15(24-20-17)11-22-7-6-13-4-2-3-5-16(13)18(22)12-23/h2-5,8-10,18,23H,6-7,11-12H2,1H3. The topological polar surface area (TPSA) is 67.3 Å². The lowest BCUT2D eigenvalue weighted by Gasteiger charge is -2.35. The molecule has 0 amide bonds. The maximum absolute atomic E-state index is 9.87. The number of nitrogens with zero attached hydrogens (tertiary/aromatic N) is 4. The number of aliphatic hydroxyl groups is 1. The molecule has 1 atom stereocenters. The van der Waals surface area contributed by atoms with Crippen LogP contribution in [0.25, 0.3) is 11.3 Å². The minimum absolute atomic E-state index is 0.00175. The van der Waals surface area contributed by atoms with Crippen molar-refractivity contribution in [2.24, 2.45) is 7.05 Å². The number of aliphatic hydroxyl groups excluding tert-OH is 1. The van der Waals surface area contributed by atoms with E-state index in [2.05, 4.69) is 33.4 Å². The molecule has 0 bridgehead atoms. The summed E-state index contributed by atoms with van der Waals surface area (Å²) in [5, 5.41) is 18.2. The molecule has 0 radical (unpaired) electrons. The van der Waals surface area contributed by atoms with Crippen molar-refractivity contribution in [3.8, 4) is 11.3 Å². The van der Waals surface area contributed by atoms with Crippen LogP contribution >= 0.6 is 0 Å². The van der Waals surface area contributed by atoms with E-state index in [-0.39, 0.29) is 12.6 Å². The molecule has 2 aromatic heterocycles. The first-order chi connectivity index (χ1) is 11.7. The second-order valence-corrected chi connectivity index (χ2v) is 6.20. The third kappa shape index (κ3) is 2.74. The first-order valence-corrected chi connectivity index (χ1v) is 8.12. The van der Waals surface area contributed by atoms with Gasteiger partial charge in [-0.2, -0.15) is 5.10 Å². The minimum atomic E-state index is 0.00175. The third-order valence-electron chi connectivity index (χ3n) is 4.61. The van der Waals surface area contributed by atoms with Crippen LogP contribution in [0, 0.1) is 0 Å². The van der Waals surface area contributed by atoms with Crippen LogP contribution in [0.4, 0.5) is 0 Å². The van der Waals surface area contributed by atoms with Gasteiger partial charge in [-0.1, -0.05) is 29.4 Å². The smallest absolute Gasteiger partial charge is 0.151 e. The van der Waals surface area contributed by atoms with Crippen molar-refractivity contribution in [1.29, 1.82) is 0 Å². The van der Waals surface area contributed by atoms with E-state index in [4.69, 9.17) is 4.52 Å². The van der Waals surface area contributed by atoms with Gasteiger partial charge in [-0.15, -0.1) is 0 Å². The number of fused-ring (bicyclic) bond motifs is 1. The molecule has 0 aliphatic carbocycles. The summed E-state index contributed by atoms with van der Waals surface area (Å²) in [6.45, 7) is 1.62. The fraction of sp³-hybridized carbons (Fsp3) is 0.333. The Labute approximate surface area is 140 Å². The van der Waals surface area contributed by atoms with Crippen LogP contribution < -0.4 is 0 Å². The summed E-state index contributed by atoms with van der Waals surface area (Å²) in [4.78, 5) is 2.25. The van der Waals surface area contributed by atoms with E-state index in [0.29, 0.717) is 6.54 Å². The second kappa shape index (κ2) is 6.22. The SMILES string of the molecule is Cn1cc(-c2cc(CN3CCc4ccccc4C3CO)on2)cn1. The quantitative estimate of drug-likeness (QED) is 0.796. The molecule has 1 aliphatic heterocycles. The highest BCUT2D eigenvalue weighted by Crippen LogP contribution is 2.31. The fourth-order valence-corrected chi connectivity index (χ4v) is 3.38. The predicted molar refractivity (Wildman–Crippen MR) is 89.1 cm³/mol. The molecule has 1 unspecified atom stereocenters. The lowest BCUT2D eigenvalue weighted by atomic mass is 9.93. The third-order valence-corrected chi connectivity index (χ3v) is 4.61. The van der Waals surface area contributed by atoms with E-state index in [1.54, 1.807) is 10.9 Å². The monoisotopic (exact) mass is 324 g/mol. The molecule has 3 aromatic rings. The van der Waals surface area contributed by atoms with Gasteiger partial charge in [0.1, 0.15) is 5.69 Å². The zero-order valence-corrected chi connectivity index (χ0v) is 13.6. The summed E-state index contributed by atoms with van der Waals surface area (Å²) in [6, 6.07) is 10.3. The number of rotatable bonds is 4. The second-order valence-electron chi connectivity index (χ2n) is 6.20. The van der Waals surface area contributed by atoms with E-state index < -0.39 is 0 Å². The van der Waals surface area contributed by atoms with Gasteiger partial charge >= 0.3 is 0 Å². The molecular weight excluding hydrogens is 304 g/mol. The molecule has 1 N–H and O–H groups in total. The van der Waals surface area contributed by atoms with Crippen molar-refractivity contribution >= 4 is 0 Å². The van der Waals surface area contributed by atoms with Gasteiger partial charge in [0, 0.05) is 31.4 Å². The van der Waals surface area contributed by atoms with Crippen LogP contribution in [0.5, 0.6) is 0 Å². The summed E-state index contributed by atoms with van der Waals surface area (Å²) < 4.78 is 7.24. The molecule has 1 aliphatic rings. The molecule has 0 saturated heterocycles. The van der Waals surface area contributed by atoms with Crippen LogP contribution in [0.1, 0.15) is 22.9 Å². The number of aromatic nitrogens is 3. The average Bonchev–Trinajstić information content (AvgIpc) is 3.23. The largest absolute Gasteiger partial charge is 0.394 e. The van der Waals surface area contributed by atoms with Gasteiger partial charge in [0.25, 0.3) is 0 Å². The summed E-state index contributed by atoms with van der Waals surface area (Å²) in [7, 11) is 1.88. The molecule has 0 fully saturated rings. The highest BCUT2D eigenvalue weighted by atomic mass is 16.5. The molecule has 124 valence electrons. The van der Waals surface area contributed by atoms with Crippen molar-refractivity contribution in [3.05, 3.63) is 59.6 Å². The minimum Gasteiger partial charge on any atom is -0.394 e. The molecule has 0 spiro atoms. The fourth-order valence-electron chi connectivity index (χ4n) is 3.38. The Hall–Kier alpha value is -2.44. The Bertz CT molecular complexity index is 839. The Morgan fingerprint density at radius 1 is 1.33 bits per heavy atom. The Morgan fingerprint density at radius 3 is 3.00 bits per heavy atom. The van der Waals surface area contributed by atoms with Crippen LogP contribution in [-0.4, -0.2) is 38.1 Å². The average molecular weight is 324 g/mol. The van der Waals surface area contributed by atoms with Gasteiger partial charge in [0.05, 0.1) is 25.4 Å². The number of hydrogen-bond acceptors (Lipinski definition) is 5. The van der Waals surface area contributed by atoms with Crippen LogP contribution in [0.2, 0.25) is 0 Å².